The number of rotatable bonds is 6. The summed E-state index contributed by atoms with van der Waals surface area (Å²) in [5, 5.41) is 0.371. The van der Waals surface area contributed by atoms with Gasteiger partial charge >= 0.3 is 0 Å². The molecule has 150 valence electrons. The highest BCUT2D eigenvalue weighted by Gasteiger charge is 2.25. The largest absolute Gasteiger partial charge is 0.312 e. The lowest BCUT2D eigenvalue weighted by Crippen LogP contribution is -2.36. The highest BCUT2D eigenvalue weighted by Crippen LogP contribution is 2.32. The number of hydrogen-bond acceptors (Lipinski definition) is 3. The van der Waals surface area contributed by atoms with Crippen LogP contribution in [0.2, 0.25) is 5.02 Å². The van der Waals surface area contributed by atoms with Gasteiger partial charge in [-0.1, -0.05) is 31.5 Å². The molecule has 1 heterocycles. The van der Waals surface area contributed by atoms with Crippen LogP contribution in [-0.2, 0) is 21.2 Å². The number of aryl methyl sites for hydroxylation is 2. The van der Waals surface area contributed by atoms with E-state index in [0.717, 1.165) is 17.7 Å². The Labute approximate surface area is 171 Å². The molecular weight excluding hydrogens is 396 g/mol. The summed E-state index contributed by atoms with van der Waals surface area (Å²) in [6.45, 7) is 6.67. The highest BCUT2D eigenvalue weighted by molar-refractivity contribution is 7.92. The maximum absolute atomic E-state index is 12.8. The lowest BCUT2D eigenvalue weighted by atomic mass is 9.99. The van der Waals surface area contributed by atoms with Crippen molar-refractivity contribution in [3.05, 3.63) is 52.5 Å². The van der Waals surface area contributed by atoms with Crippen molar-refractivity contribution in [2.45, 2.75) is 44.9 Å². The summed E-state index contributed by atoms with van der Waals surface area (Å²) in [4.78, 5) is 14.3. The van der Waals surface area contributed by atoms with Gasteiger partial charge < -0.3 is 4.90 Å². The molecule has 0 fully saturated rings. The van der Waals surface area contributed by atoms with Crippen molar-refractivity contribution < 1.29 is 13.2 Å². The summed E-state index contributed by atoms with van der Waals surface area (Å²) in [5.74, 6) is 0.626. The van der Waals surface area contributed by atoms with E-state index < -0.39 is 10.0 Å². The Kier molecular flexibility index (Phi) is 6.01. The normalized spacial score (nSPS) is 14.3. The fourth-order valence-corrected chi connectivity index (χ4v) is 4.89. The first kappa shape index (κ1) is 20.7. The number of benzene rings is 2. The average Bonchev–Trinajstić information content (AvgIpc) is 2.62. The van der Waals surface area contributed by atoms with Gasteiger partial charge in [-0.3, -0.25) is 9.52 Å². The minimum Gasteiger partial charge on any atom is -0.312 e. The number of carbonyl (C=O) groups excluding carboxylic acids is 1. The Morgan fingerprint density at radius 1 is 1.14 bits per heavy atom. The van der Waals surface area contributed by atoms with Crippen molar-refractivity contribution in [3.8, 4) is 0 Å². The van der Waals surface area contributed by atoms with Crippen LogP contribution in [-0.4, -0.2) is 20.9 Å². The summed E-state index contributed by atoms with van der Waals surface area (Å²) < 4.78 is 28.2. The second-order valence-corrected chi connectivity index (χ2v) is 9.67. The quantitative estimate of drug-likeness (QED) is 0.731. The van der Waals surface area contributed by atoms with Crippen molar-refractivity contribution in [1.29, 1.82) is 0 Å². The molecule has 0 radical (unpaired) electrons. The maximum Gasteiger partial charge on any atom is 0.262 e. The van der Waals surface area contributed by atoms with Crippen molar-refractivity contribution >= 4 is 38.9 Å². The third-order valence-corrected chi connectivity index (χ3v) is 6.66. The fraction of sp³-hybridized carbons (Fsp3) is 0.381. The van der Waals surface area contributed by atoms with Crippen molar-refractivity contribution in [2.75, 3.05) is 16.2 Å². The molecule has 7 heteroatoms. The van der Waals surface area contributed by atoms with Crippen LogP contribution >= 0.6 is 11.6 Å². The van der Waals surface area contributed by atoms with E-state index in [4.69, 9.17) is 11.6 Å². The van der Waals surface area contributed by atoms with Gasteiger partial charge in [0.15, 0.2) is 0 Å². The second kappa shape index (κ2) is 8.13. The Morgan fingerprint density at radius 3 is 2.61 bits per heavy atom. The lowest BCUT2D eigenvalue weighted by molar-refractivity contribution is -0.118. The van der Waals surface area contributed by atoms with Crippen LogP contribution in [0.4, 0.5) is 11.4 Å². The molecule has 1 amide bonds. The molecule has 1 N–H and O–H groups in total. The van der Waals surface area contributed by atoms with Gasteiger partial charge in [0.1, 0.15) is 0 Å². The van der Waals surface area contributed by atoms with E-state index >= 15 is 0 Å². The zero-order chi connectivity index (χ0) is 20.5. The molecule has 1 aliphatic rings. The van der Waals surface area contributed by atoms with Crippen LogP contribution < -0.4 is 9.62 Å². The molecule has 0 spiro atoms. The second-order valence-electron chi connectivity index (χ2n) is 7.59. The highest BCUT2D eigenvalue weighted by atomic mass is 35.5. The Morgan fingerprint density at radius 2 is 1.89 bits per heavy atom. The smallest absolute Gasteiger partial charge is 0.262 e. The molecule has 0 aliphatic carbocycles. The van der Waals surface area contributed by atoms with E-state index in [2.05, 4.69) is 18.6 Å². The monoisotopic (exact) mass is 420 g/mol. The van der Waals surface area contributed by atoms with Crippen LogP contribution in [0.3, 0.4) is 0 Å². The number of halogens is 1. The number of nitrogens with zero attached hydrogens (tertiary/aromatic N) is 1. The fourth-order valence-electron chi connectivity index (χ4n) is 3.33. The average molecular weight is 421 g/mol. The van der Waals surface area contributed by atoms with E-state index in [1.54, 1.807) is 25.1 Å². The number of hydrogen-bond donors (Lipinski definition) is 1. The van der Waals surface area contributed by atoms with Gasteiger partial charge in [-0.05, 0) is 67.1 Å². The lowest BCUT2D eigenvalue weighted by Gasteiger charge is -2.30. The summed E-state index contributed by atoms with van der Waals surface area (Å²) in [7, 11) is -3.75. The summed E-state index contributed by atoms with van der Waals surface area (Å²) in [5.41, 5.74) is 2.96. The van der Waals surface area contributed by atoms with Crippen molar-refractivity contribution in [1.82, 2.24) is 0 Å². The predicted molar refractivity (Wildman–Crippen MR) is 114 cm³/mol. The maximum atomic E-state index is 12.8. The molecule has 0 saturated heterocycles. The van der Waals surface area contributed by atoms with E-state index in [9.17, 15) is 13.2 Å². The third kappa shape index (κ3) is 4.50. The molecule has 2 aromatic rings. The SMILES string of the molecule is Cc1ccc(Cl)cc1S(=O)(=O)Nc1ccc2c(c1)CCC(=O)N2CCC(C)C. The molecule has 0 aromatic heterocycles. The third-order valence-electron chi connectivity index (χ3n) is 4.90. The van der Waals surface area contributed by atoms with Crippen LogP contribution in [0.15, 0.2) is 41.3 Å². The van der Waals surface area contributed by atoms with Gasteiger partial charge in [0.2, 0.25) is 5.91 Å². The van der Waals surface area contributed by atoms with Gasteiger partial charge in [-0.15, -0.1) is 0 Å². The molecule has 0 atom stereocenters. The van der Waals surface area contributed by atoms with E-state index in [1.165, 1.54) is 6.07 Å². The Hall–Kier alpha value is -2.05. The molecule has 28 heavy (non-hydrogen) atoms. The van der Waals surface area contributed by atoms with Gasteiger partial charge in [-0.25, -0.2) is 8.42 Å². The summed E-state index contributed by atoms with van der Waals surface area (Å²) >= 11 is 5.97. The number of nitrogens with one attached hydrogen (secondary N) is 1. The molecule has 0 unspecified atom stereocenters. The molecule has 1 aliphatic heterocycles. The van der Waals surface area contributed by atoms with E-state index in [0.29, 0.717) is 41.6 Å². The van der Waals surface area contributed by atoms with Crippen LogP contribution in [0.1, 0.15) is 37.8 Å². The molecule has 3 rings (SSSR count). The van der Waals surface area contributed by atoms with Crippen LogP contribution in [0.5, 0.6) is 0 Å². The molecule has 0 bridgehead atoms. The molecule has 2 aromatic carbocycles. The minimum absolute atomic E-state index is 0.121. The zero-order valence-electron chi connectivity index (χ0n) is 16.3. The first-order valence-electron chi connectivity index (χ1n) is 9.39. The number of carbonyl (C=O) groups is 1. The van der Waals surface area contributed by atoms with Crippen LogP contribution in [0, 0.1) is 12.8 Å². The van der Waals surface area contributed by atoms with E-state index in [-0.39, 0.29) is 10.8 Å². The number of anilines is 2. The van der Waals surface area contributed by atoms with Gasteiger partial charge in [-0.2, -0.15) is 0 Å². The first-order valence-corrected chi connectivity index (χ1v) is 11.3. The van der Waals surface area contributed by atoms with E-state index in [1.807, 2.05) is 17.0 Å². The van der Waals surface area contributed by atoms with Gasteiger partial charge in [0.25, 0.3) is 10.0 Å². The van der Waals surface area contributed by atoms with Crippen molar-refractivity contribution in [3.63, 3.8) is 0 Å². The molecule has 5 nitrogen and oxygen atoms in total. The Bertz CT molecular complexity index is 1000. The number of fused-ring (bicyclic) bond motifs is 1. The number of amides is 1. The predicted octanol–water partition coefficient (Wildman–Crippen LogP) is 4.77. The van der Waals surface area contributed by atoms with Gasteiger partial charge in [0, 0.05) is 29.4 Å². The standard InChI is InChI=1S/C21H25ClN2O3S/c1-14(2)10-11-24-19-8-7-18(12-16(19)5-9-21(24)25)23-28(26,27)20-13-17(22)6-4-15(20)3/h4,6-8,12-14,23H,5,9-11H2,1-3H3. The molecular formula is C21H25ClN2O3S. The summed E-state index contributed by atoms with van der Waals surface area (Å²) in [6.07, 6.45) is 1.97. The van der Waals surface area contributed by atoms with Crippen molar-refractivity contribution in [2.24, 2.45) is 5.92 Å². The first-order chi connectivity index (χ1) is 13.2. The Balaban J connectivity index is 1.87. The zero-order valence-corrected chi connectivity index (χ0v) is 17.9. The summed E-state index contributed by atoms with van der Waals surface area (Å²) in [6, 6.07) is 10.2. The minimum atomic E-state index is -3.75. The topological polar surface area (TPSA) is 66.5 Å². The molecule has 0 saturated carbocycles. The van der Waals surface area contributed by atoms with Gasteiger partial charge in [0.05, 0.1) is 4.90 Å². The van der Waals surface area contributed by atoms with Crippen LogP contribution in [0.25, 0.3) is 0 Å². The number of sulfonamides is 1.